The first-order valence-corrected chi connectivity index (χ1v) is 6.27. The smallest absolute Gasteiger partial charge is 0.233 e. The van der Waals surface area contributed by atoms with Gasteiger partial charge in [-0.15, -0.1) is 5.10 Å². The maximum Gasteiger partial charge on any atom is 0.233 e. The largest absolute Gasteiger partial charge is 0.480 e. The SMILES string of the molecule is COc1ccc(C(N)Cc2ccn(C(C)C)n2)nn1. The molecular formula is C13H19N5O. The van der Waals surface area contributed by atoms with Crippen LogP contribution in [-0.2, 0) is 6.42 Å². The third-order valence-corrected chi connectivity index (χ3v) is 2.87. The third kappa shape index (κ3) is 3.29. The van der Waals surface area contributed by atoms with Crippen LogP contribution < -0.4 is 10.5 Å². The molecule has 0 amide bonds. The molecule has 0 radical (unpaired) electrons. The molecule has 6 nitrogen and oxygen atoms in total. The second kappa shape index (κ2) is 5.79. The summed E-state index contributed by atoms with van der Waals surface area (Å²) in [5, 5.41) is 12.4. The van der Waals surface area contributed by atoms with Crippen LogP contribution in [0.15, 0.2) is 24.4 Å². The minimum atomic E-state index is -0.214. The van der Waals surface area contributed by atoms with Gasteiger partial charge < -0.3 is 10.5 Å². The summed E-state index contributed by atoms with van der Waals surface area (Å²) in [7, 11) is 1.56. The molecule has 1 atom stereocenters. The van der Waals surface area contributed by atoms with Gasteiger partial charge in [0.25, 0.3) is 0 Å². The molecule has 2 heterocycles. The lowest BCUT2D eigenvalue weighted by molar-refractivity contribution is 0.390. The molecule has 0 fully saturated rings. The number of nitrogens with two attached hydrogens (primary N) is 1. The second-order valence-electron chi connectivity index (χ2n) is 4.69. The van der Waals surface area contributed by atoms with Crippen molar-refractivity contribution in [3.63, 3.8) is 0 Å². The van der Waals surface area contributed by atoms with Crippen LogP contribution in [0.1, 0.15) is 37.3 Å². The Balaban J connectivity index is 2.04. The van der Waals surface area contributed by atoms with Crippen molar-refractivity contribution in [3.8, 4) is 5.88 Å². The highest BCUT2D eigenvalue weighted by molar-refractivity contribution is 5.15. The summed E-state index contributed by atoms with van der Waals surface area (Å²) in [6.07, 6.45) is 2.60. The molecular weight excluding hydrogens is 242 g/mol. The van der Waals surface area contributed by atoms with Gasteiger partial charge in [-0.3, -0.25) is 4.68 Å². The highest BCUT2D eigenvalue weighted by atomic mass is 16.5. The first kappa shape index (κ1) is 13.5. The van der Waals surface area contributed by atoms with E-state index in [1.165, 1.54) is 0 Å². The molecule has 2 aromatic rings. The molecule has 1 unspecified atom stereocenters. The highest BCUT2D eigenvalue weighted by Gasteiger charge is 2.12. The van der Waals surface area contributed by atoms with Crippen molar-refractivity contribution in [2.45, 2.75) is 32.4 Å². The van der Waals surface area contributed by atoms with Gasteiger partial charge >= 0.3 is 0 Å². The summed E-state index contributed by atoms with van der Waals surface area (Å²) in [6, 6.07) is 5.71. The second-order valence-corrected chi connectivity index (χ2v) is 4.69. The van der Waals surface area contributed by atoms with Crippen LogP contribution in [0.5, 0.6) is 5.88 Å². The topological polar surface area (TPSA) is 78.9 Å². The van der Waals surface area contributed by atoms with E-state index < -0.39 is 0 Å². The van der Waals surface area contributed by atoms with Crippen molar-refractivity contribution in [2.24, 2.45) is 5.73 Å². The van der Waals surface area contributed by atoms with E-state index in [0.717, 1.165) is 11.4 Å². The van der Waals surface area contributed by atoms with Crippen LogP contribution in [-0.4, -0.2) is 27.1 Å². The maximum absolute atomic E-state index is 6.11. The molecule has 0 saturated heterocycles. The molecule has 0 aromatic carbocycles. The van der Waals surface area contributed by atoms with E-state index in [9.17, 15) is 0 Å². The normalized spacial score (nSPS) is 12.7. The van der Waals surface area contributed by atoms with E-state index in [0.29, 0.717) is 18.3 Å². The van der Waals surface area contributed by atoms with Crippen molar-refractivity contribution in [1.82, 2.24) is 20.0 Å². The van der Waals surface area contributed by atoms with Gasteiger partial charge in [0.05, 0.1) is 24.5 Å². The zero-order valence-corrected chi connectivity index (χ0v) is 11.4. The zero-order valence-electron chi connectivity index (χ0n) is 11.4. The molecule has 102 valence electrons. The zero-order chi connectivity index (χ0) is 13.8. The molecule has 0 spiro atoms. The first-order chi connectivity index (χ1) is 9.10. The van der Waals surface area contributed by atoms with E-state index in [4.69, 9.17) is 10.5 Å². The predicted molar refractivity (Wildman–Crippen MR) is 71.8 cm³/mol. The van der Waals surface area contributed by atoms with Crippen LogP contribution in [0, 0.1) is 0 Å². The minimum Gasteiger partial charge on any atom is -0.480 e. The standard InChI is InChI=1S/C13H19N5O/c1-9(2)18-7-6-10(17-18)8-11(14)12-4-5-13(19-3)16-15-12/h4-7,9,11H,8,14H2,1-3H3. The van der Waals surface area contributed by atoms with Crippen LogP contribution in [0.4, 0.5) is 0 Å². The van der Waals surface area contributed by atoms with Crippen molar-refractivity contribution in [1.29, 1.82) is 0 Å². The van der Waals surface area contributed by atoms with Gasteiger partial charge in [0.15, 0.2) is 0 Å². The van der Waals surface area contributed by atoms with E-state index in [2.05, 4.69) is 29.1 Å². The Bertz CT molecular complexity index is 520. The quantitative estimate of drug-likeness (QED) is 0.882. The molecule has 0 aliphatic rings. The lowest BCUT2D eigenvalue weighted by Gasteiger charge is -2.09. The number of aromatic nitrogens is 4. The lowest BCUT2D eigenvalue weighted by Crippen LogP contribution is -2.16. The van der Waals surface area contributed by atoms with Crippen LogP contribution in [0.2, 0.25) is 0 Å². The van der Waals surface area contributed by atoms with Gasteiger partial charge in [0, 0.05) is 24.7 Å². The van der Waals surface area contributed by atoms with Crippen LogP contribution >= 0.6 is 0 Å². The molecule has 2 aromatic heterocycles. The van der Waals surface area contributed by atoms with Crippen molar-refractivity contribution in [3.05, 3.63) is 35.8 Å². The van der Waals surface area contributed by atoms with E-state index in [1.54, 1.807) is 13.2 Å². The van der Waals surface area contributed by atoms with Gasteiger partial charge in [-0.25, -0.2) is 0 Å². The minimum absolute atomic E-state index is 0.214. The molecule has 19 heavy (non-hydrogen) atoms. The third-order valence-electron chi connectivity index (χ3n) is 2.87. The molecule has 2 rings (SSSR count). The number of hydrogen-bond acceptors (Lipinski definition) is 5. The van der Waals surface area contributed by atoms with Crippen molar-refractivity contribution < 1.29 is 4.74 Å². The molecule has 0 bridgehead atoms. The van der Waals surface area contributed by atoms with Gasteiger partial charge in [0.2, 0.25) is 5.88 Å². The summed E-state index contributed by atoms with van der Waals surface area (Å²) in [5.74, 6) is 0.486. The monoisotopic (exact) mass is 261 g/mol. The average molecular weight is 261 g/mol. The molecule has 0 aliphatic carbocycles. The Labute approximate surface area is 112 Å². The van der Waals surface area contributed by atoms with E-state index in [1.807, 2.05) is 23.0 Å². The Kier molecular flexibility index (Phi) is 4.11. The fourth-order valence-corrected chi connectivity index (χ4v) is 1.74. The van der Waals surface area contributed by atoms with Gasteiger partial charge in [-0.2, -0.15) is 10.2 Å². The van der Waals surface area contributed by atoms with E-state index in [-0.39, 0.29) is 6.04 Å². The van der Waals surface area contributed by atoms with Crippen LogP contribution in [0.25, 0.3) is 0 Å². The van der Waals surface area contributed by atoms with Gasteiger partial charge in [-0.1, -0.05) is 0 Å². The summed E-state index contributed by atoms with van der Waals surface area (Å²) in [6.45, 7) is 4.18. The number of ether oxygens (including phenoxy) is 1. The Morgan fingerprint density at radius 2 is 2.05 bits per heavy atom. The number of methoxy groups -OCH3 is 1. The highest BCUT2D eigenvalue weighted by Crippen LogP contribution is 2.15. The van der Waals surface area contributed by atoms with Crippen molar-refractivity contribution in [2.75, 3.05) is 7.11 Å². The Morgan fingerprint density at radius 3 is 2.58 bits per heavy atom. The van der Waals surface area contributed by atoms with Gasteiger partial charge in [0.1, 0.15) is 0 Å². The number of hydrogen-bond donors (Lipinski definition) is 1. The fourth-order valence-electron chi connectivity index (χ4n) is 1.74. The molecule has 0 saturated carbocycles. The van der Waals surface area contributed by atoms with Crippen molar-refractivity contribution >= 4 is 0 Å². The molecule has 0 aliphatic heterocycles. The average Bonchev–Trinajstić information content (AvgIpc) is 2.87. The maximum atomic E-state index is 6.11. The first-order valence-electron chi connectivity index (χ1n) is 6.27. The molecule has 2 N–H and O–H groups in total. The lowest BCUT2D eigenvalue weighted by atomic mass is 10.1. The fraction of sp³-hybridized carbons (Fsp3) is 0.462. The van der Waals surface area contributed by atoms with Gasteiger partial charge in [-0.05, 0) is 26.0 Å². The molecule has 6 heteroatoms. The predicted octanol–water partition coefficient (Wildman–Crippen LogP) is 1.51. The van der Waals surface area contributed by atoms with E-state index >= 15 is 0 Å². The summed E-state index contributed by atoms with van der Waals surface area (Å²) in [4.78, 5) is 0. The number of nitrogens with zero attached hydrogens (tertiary/aromatic N) is 4. The number of rotatable bonds is 5. The summed E-state index contributed by atoms with van der Waals surface area (Å²) < 4.78 is 6.89. The summed E-state index contributed by atoms with van der Waals surface area (Å²) in [5.41, 5.74) is 7.80. The van der Waals surface area contributed by atoms with Crippen LogP contribution in [0.3, 0.4) is 0 Å². The Hall–Kier alpha value is -1.95. The Morgan fingerprint density at radius 1 is 1.26 bits per heavy atom. The summed E-state index contributed by atoms with van der Waals surface area (Å²) >= 11 is 0.